The Kier molecular flexibility index (Phi) is 8.75. The summed E-state index contributed by atoms with van der Waals surface area (Å²) in [6.45, 7) is 2.83. The molecule has 0 spiro atoms. The Morgan fingerprint density at radius 2 is 2.13 bits per heavy atom. The van der Waals surface area contributed by atoms with Gasteiger partial charge in [-0.15, -0.1) is 0 Å². The molecule has 0 unspecified atom stereocenters. The van der Waals surface area contributed by atoms with Gasteiger partial charge in [-0.25, -0.2) is 0 Å². The standard InChI is InChI=1S/C17H26N2O4/c1-3-4-10-23-16(20)12-15(18)17(21)19-9-8-13-6-5-7-14(11-13)22-2/h5-7,11,15H,3-4,8-10,12,18H2,1-2H3,(H,19,21)/t15-/m0/s1. The summed E-state index contributed by atoms with van der Waals surface area (Å²) in [4.78, 5) is 23.4. The highest BCUT2D eigenvalue weighted by atomic mass is 16.5. The number of hydrogen-bond acceptors (Lipinski definition) is 5. The van der Waals surface area contributed by atoms with Crippen LogP contribution in [0.5, 0.6) is 5.75 Å². The van der Waals surface area contributed by atoms with Gasteiger partial charge in [-0.3, -0.25) is 9.59 Å². The van der Waals surface area contributed by atoms with Crippen LogP contribution in [-0.4, -0.2) is 38.2 Å². The summed E-state index contributed by atoms with van der Waals surface area (Å²) in [5, 5.41) is 2.73. The molecule has 0 aliphatic rings. The number of carbonyl (C=O) groups is 2. The normalized spacial score (nSPS) is 11.6. The number of benzene rings is 1. The molecule has 3 N–H and O–H groups in total. The molecule has 0 bridgehead atoms. The van der Waals surface area contributed by atoms with E-state index in [2.05, 4.69) is 5.32 Å². The minimum absolute atomic E-state index is 0.102. The quantitative estimate of drug-likeness (QED) is 0.502. The molecule has 0 saturated carbocycles. The summed E-state index contributed by atoms with van der Waals surface area (Å²) in [6.07, 6.45) is 2.32. The molecular formula is C17H26N2O4. The average Bonchev–Trinajstić information content (AvgIpc) is 2.55. The highest BCUT2D eigenvalue weighted by molar-refractivity contribution is 5.86. The monoisotopic (exact) mass is 322 g/mol. The number of esters is 1. The molecule has 6 nitrogen and oxygen atoms in total. The molecule has 1 amide bonds. The molecule has 0 radical (unpaired) electrons. The number of methoxy groups -OCH3 is 1. The van der Waals surface area contributed by atoms with Crippen LogP contribution < -0.4 is 15.8 Å². The fourth-order valence-electron chi connectivity index (χ4n) is 1.95. The predicted octanol–water partition coefficient (Wildman–Crippen LogP) is 1.41. The third-order valence-corrected chi connectivity index (χ3v) is 3.33. The predicted molar refractivity (Wildman–Crippen MR) is 88.2 cm³/mol. The number of unbranched alkanes of at least 4 members (excludes halogenated alkanes) is 1. The van der Waals surface area contributed by atoms with E-state index in [4.69, 9.17) is 15.2 Å². The molecule has 1 aromatic carbocycles. The van der Waals surface area contributed by atoms with E-state index in [1.807, 2.05) is 31.2 Å². The molecule has 23 heavy (non-hydrogen) atoms. The van der Waals surface area contributed by atoms with Crippen molar-refractivity contribution in [1.29, 1.82) is 0 Å². The second-order valence-electron chi connectivity index (χ2n) is 5.28. The first-order valence-corrected chi connectivity index (χ1v) is 7.88. The van der Waals surface area contributed by atoms with Gasteiger partial charge in [0, 0.05) is 6.54 Å². The first-order chi connectivity index (χ1) is 11.1. The summed E-state index contributed by atoms with van der Waals surface area (Å²) >= 11 is 0. The third-order valence-electron chi connectivity index (χ3n) is 3.33. The van der Waals surface area contributed by atoms with Crippen molar-refractivity contribution in [3.8, 4) is 5.75 Å². The zero-order valence-electron chi connectivity index (χ0n) is 13.8. The first-order valence-electron chi connectivity index (χ1n) is 7.88. The Morgan fingerprint density at radius 3 is 2.83 bits per heavy atom. The minimum atomic E-state index is -0.880. The van der Waals surface area contributed by atoms with Crippen molar-refractivity contribution in [2.45, 2.75) is 38.6 Å². The number of nitrogens with one attached hydrogen (secondary N) is 1. The maximum Gasteiger partial charge on any atom is 0.307 e. The van der Waals surface area contributed by atoms with Gasteiger partial charge in [0.15, 0.2) is 0 Å². The van der Waals surface area contributed by atoms with Gasteiger partial charge in [0.1, 0.15) is 5.75 Å². The van der Waals surface area contributed by atoms with Crippen LogP contribution >= 0.6 is 0 Å². The lowest BCUT2D eigenvalue weighted by Crippen LogP contribution is -2.42. The van der Waals surface area contributed by atoms with Crippen molar-refractivity contribution < 1.29 is 19.1 Å². The van der Waals surface area contributed by atoms with Crippen LogP contribution in [-0.2, 0) is 20.7 Å². The Bertz CT molecular complexity index is 505. The molecule has 1 rings (SSSR count). The number of hydrogen-bond donors (Lipinski definition) is 2. The van der Waals surface area contributed by atoms with Gasteiger partial charge in [0.05, 0.1) is 26.2 Å². The lowest BCUT2D eigenvalue weighted by atomic mass is 10.1. The van der Waals surface area contributed by atoms with Crippen LogP contribution in [0.1, 0.15) is 31.7 Å². The summed E-state index contributed by atoms with van der Waals surface area (Å²) < 4.78 is 10.1. The van der Waals surface area contributed by atoms with Crippen LogP contribution in [0.25, 0.3) is 0 Å². The van der Waals surface area contributed by atoms with E-state index < -0.39 is 12.0 Å². The lowest BCUT2D eigenvalue weighted by Gasteiger charge is -2.12. The molecular weight excluding hydrogens is 296 g/mol. The van der Waals surface area contributed by atoms with E-state index in [0.717, 1.165) is 24.2 Å². The highest BCUT2D eigenvalue weighted by Gasteiger charge is 2.17. The van der Waals surface area contributed by atoms with Gasteiger partial charge in [0.2, 0.25) is 5.91 Å². The van der Waals surface area contributed by atoms with Gasteiger partial charge in [-0.1, -0.05) is 25.5 Å². The SMILES string of the molecule is CCCCOC(=O)C[C@H](N)C(=O)NCCc1cccc(OC)c1. The van der Waals surface area contributed by atoms with Crippen molar-refractivity contribution in [3.63, 3.8) is 0 Å². The van der Waals surface area contributed by atoms with Crippen molar-refractivity contribution in [1.82, 2.24) is 5.32 Å². The molecule has 0 fully saturated rings. The van der Waals surface area contributed by atoms with E-state index in [9.17, 15) is 9.59 Å². The first kappa shape index (κ1) is 19.0. The van der Waals surface area contributed by atoms with E-state index in [1.165, 1.54) is 0 Å². The molecule has 0 heterocycles. The second kappa shape index (κ2) is 10.6. The topological polar surface area (TPSA) is 90.7 Å². The summed E-state index contributed by atoms with van der Waals surface area (Å²) in [5.41, 5.74) is 6.77. The van der Waals surface area contributed by atoms with E-state index in [1.54, 1.807) is 7.11 Å². The zero-order chi connectivity index (χ0) is 17.1. The summed E-state index contributed by atoms with van der Waals surface area (Å²) in [6, 6.07) is 6.75. The van der Waals surface area contributed by atoms with Crippen molar-refractivity contribution in [2.75, 3.05) is 20.3 Å². The van der Waals surface area contributed by atoms with Crippen LogP contribution in [0.15, 0.2) is 24.3 Å². The molecule has 0 aliphatic carbocycles. The minimum Gasteiger partial charge on any atom is -0.497 e. The van der Waals surface area contributed by atoms with Gasteiger partial charge >= 0.3 is 5.97 Å². The number of amides is 1. The molecule has 0 aromatic heterocycles. The lowest BCUT2D eigenvalue weighted by molar-refractivity contribution is -0.145. The molecule has 1 aromatic rings. The fourth-order valence-corrected chi connectivity index (χ4v) is 1.95. The van der Waals surface area contributed by atoms with Crippen molar-refractivity contribution in [3.05, 3.63) is 29.8 Å². The molecule has 0 aliphatic heterocycles. The van der Waals surface area contributed by atoms with Crippen LogP contribution in [0.3, 0.4) is 0 Å². The third kappa shape index (κ3) is 7.65. The fraction of sp³-hybridized carbons (Fsp3) is 0.529. The van der Waals surface area contributed by atoms with Gasteiger partial charge < -0.3 is 20.5 Å². The summed E-state index contributed by atoms with van der Waals surface area (Å²) in [5.74, 6) is -0.00501. The van der Waals surface area contributed by atoms with E-state index >= 15 is 0 Å². The molecule has 1 atom stereocenters. The van der Waals surface area contributed by atoms with Gasteiger partial charge in [-0.2, -0.15) is 0 Å². The number of ether oxygens (including phenoxy) is 2. The Labute approximate surface area is 137 Å². The molecule has 6 heteroatoms. The Balaban J connectivity index is 2.28. The molecule has 0 saturated heterocycles. The van der Waals surface area contributed by atoms with Gasteiger partial charge in [-0.05, 0) is 30.5 Å². The number of carbonyl (C=O) groups excluding carboxylic acids is 2. The largest absolute Gasteiger partial charge is 0.497 e. The average molecular weight is 322 g/mol. The zero-order valence-corrected chi connectivity index (χ0v) is 13.8. The van der Waals surface area contributed by atoms with E-state index in [0.29, 0.717) is 19.6 Å². The van der Waals surface area contributed by atoms with Crippen LogP contribution in [0.2, 0.25) is 0 Å². The van der Waals surface area contributed by atoms with Crippen LogP contribution in [0, 0.1) is 0 Å². The highest BCUT2D eigenvalue weighted by Crippen LogP contribution is 2.12. The Hall–Kier alpha value is -2.08. The summed E-state index contributed by atoms with van der Waals surface area (Å²) in [7, 11) is 1.61. The number of rotatable bonds is 10. The van der Waals surface area contributed by atoms with Crippen LogP contribution in [0.4, 0.5) is 0 Å². The number of nitrogens with two attached hydrogens (primary N) is 1. The van der Waals surface area contributed by atoms with E-state index in [-0.39, 0.29) is 12.3 Å². The van der Waals surface area contributed by atoms with Crippen molar-refractivity contribution >= 4 is 11.9 Å². The second-order valence-corrected chi connectivity index (χ2v) is 5.28. The Morgan fingerprint density at radius 1 is 1.35 bits per heavy atom. The maximum atomic E-state index is 11.9. The smallest absolute Gasteiger partial charge is 0.307 e. The van der Waals surface area contributed by atoms with Gasteiger partial charge in [0.25, 0.3) is 0 Å². The van der Waals surface area contributed by atoms with Crippen molar-refractivity contribution in [2.24, 2.45) is 5.73 Å². The maximum absolute atomic E-state index is 11.9. The molecule has 128 valence electrons.